The molecule has 0 spiro atoms. The normalized spacial score (nSPS) is 27.6. The predicted octanol–water partition coefficient (Wildman–Crippen LogP) is 2.11. The van der Waals surface area contributed by atoms with Crippen LogP contribution in [-0.2, 0) is 9.84 Å². The van der Waals surface area contributed by atoms with E-state index in [0.29, 0.717) is 0 Å². The fraction of sp³-hybridized carbons (Fsp3) is 1.00. The Bertz CT molecular complexity index is 419. The molecule has 21 heavy (non-hydrogen) atoms. The zero-order valence-corrected chi connectivity index (χ0v) is 15.1. The largest absolute Gasteiger partial charge is 0.314 e. The Morgan fingerprint density at radius 3 is 2.62 bits per heavy atom. The highest BCUT2D eigenvalue weighted by Crippen LogP contribution is 2.32. The Morgan fingerprint density at radius 2 is 2.00 bits per heavy atom. The van der Waals surface area contributed by atoms with Gasteiger partial charge in [0.2, 0.25) is 0 Å². The number of hydrogen-bond acceptors (Lipinski definition) is 5. The lowest BCUT2D eigenvalue weighted by Gasteiger charge is -2.41. The molecule has 0 bridgehead atoms. The van der Waals surface area contributed by atoms with Gasteiger partial charge in [-0.25, -0.2) is 8.42 Å². The Hall–Kier alpha value is 0.220. The first-order valence-corrected chi connectivity index (χ1v) is 11.1. The summed E-state index contributed by atoms with van der Waals surface area (Å²) < 4.78 is 24.6. The van der Waals surface area contributed by atoms with Crippen molar-refractivity contribution in [2.45, 2.75) is 56.4 Å². The van der Waals surface area contributed by atoms with Crippen LogP contribution in [0, 0.1) is 0 Å². The van der Waals surface area contributed by atoms with Crippen LogP contribution in [0.3, 0.4) is 0 Å². The second-order valence-electron chi connectivity index (χ2n) is 6.36. The van der Waals surface area contributed by atoms with Gasteiger partial charge in [-0.2, -0.15) is 11.8 Å². The van der Waals surface area contributed by atoms with Crippen LogP contribution in [0.4, 0.5) is 0 Å². The molecule has 0 aromatic heterocycles. The molecule has 6 heteroatoms. The molecule has 124 valence electrons. The van der Waals surface area contributed by atoms with E-state index in [0.717, 1.165) is 31.0 Å². The van der Waals surface area contributed by atoms with E-state index in [1.54, 1.807) is 18.7 Å². The van der Waals surface area contributed by atoms with Crippen LogP contribution in [0.1, 0.15) is 45.4 Å². The zero-order chi connectivity index (χ0) is 15.3. The van der Waals surface area contributed by atoms with Gasteiger partial charge < -0.3 is 5.32 Å². The van der Waals surface area contributed by atoms with E-state index in [9.17, 15) is 8.42 Å². The van der Waals surface area contributed by atoms with Crippen LogP contribution in [0.15, 0.2) is 0 Å². The van der Waals surface area contributed by atoms with Gasteiger partial charge in [-0.05, 0) is 26.3 Å². The second-order valence-corrected chi connectivity index (χ2v) is 9.96. The van der Waals surface area contributed by atoms with Crippen molar-refractivity contribution in [2.75, 3.05) is 37.4 Å². The van der Waals surface area contributed by atoms with Gasteiger partial charge in [0, 0.05) is 35.9 Å². The average molecular weight is 335 g/mol. The van der Waals surface area contributed by atoms with E-state index in [-0.39, 0.29) is 16.7 Å². The van der Waals surface area contributed by atoms with Crippen LogP contribution in [0.2, 0.25) is 0 Å². The number of hydrogen-bond donors (Lipinski definition) is 1. The highest BCUT2D eigenvalue weighted by Gasteiger charge is 2.35. The molecule has 1 aliphatic heterocycles. The van der Waals surface area contributed by atoms with Gasteiger partial charge in [0.25, 0.3) is 0 Å². The Labute approximate surface area is 134 Å². The highest BCUT2D eigenvalue weighted by molar-refractivity contribution is 8.01. The number of nitrogens with one attached hydrogen (secondary N) is 1. The lowest BCUT2D eigenvalue weighted by molar-refractivity contribution is 0.180. The minimum absolute atomic E-state index is 0.239. The maximum absolute atomic E-state index is 12.3. The van der Waals surface area contributed by atoms with Crippen LogP contribution >= 0.6 is 11.8 Å². The molecule has 2 aliphatic rings. The van der Waals surface area contributed by atoms with E-state index in [2.05, 4.69) is 17.3 Å². The van der Waals surface area contributed by atoms with Crippen LogP contribution in [0.25, 0.3) is 0 Å². The zero-order valence-electron chi connectivity index (χ0n) is 13.4. The fourth-order valence-corrected chi connectivity index (χ4v) is 6.72. The lowest BCUT2D eigenvalue weighted by atomic mass is 9.79. The highest BCUT2D eigenvalue weighted by atomic mass is 32.2. The van der Waals surface area contributed by atoms with Crippen LogP contribution in [0.5, 0.6) is 0 Å². The summed E-state index contributed by atoms with van der Waals surface area (Å²) in [4.78, 5) is 2.23. The quantitative estimate of drug-likeness (QED) is 0.806. The molecule has 1 saturated carbocycles. The molecule has 1 N–H and O–H groups in total. The standard InChI is InChI=1S/C15H30N2O2S2/c1-3-21(18,19)14-13-20-12-11-17(14)10-9-15(16-2)7-5-4-6-8-15/h14,16H,3-13H2,1-2H3. The van der Waals surface area contributed by atoms with Gasteiger partial charge in [0.05, 0.1) is 0 Å². The number of thioether (sulfide) groups is 1. The van der Waals surface area contributed by atoms with Crippen molar-refractivity contribution in [3.63, 3.8) is 0 Å². The van der Waals surface area contributed by atoms with Gasteiger partial charge in [-0.3, -0.25) is 4.90 Å². The smallest absolute Gasteiger partial charge is 0.166 e. The first-order valence-electron chi connectivity index (χ1n) is 8.25. The molecular weight excluding hydrogens is 304 g/mol. The van der Waals surface area contributed by atoms with Gasteiger partial charge in [-0.15, -0.1) is 0 Å². The predicted molar refractivity (Wildman–Crippen MR) is 91.6 cm³/mol. The van der Waals surface area contributed by atoms with Crippen molar-refractivity contribution in [3.05, 3.63) is 0 Å². The van der Waals surface area contributed by atoms with Gasteiger partial charge in [0.1, 0.15) is 5.37 Å². The molecule has 0 aromatic rings. The summed E-state index contributed by atoms with van der Waals surface area (Å²) in [7, 11) is -0.898. The topological polar surface area (TPSA) is 49.4 Å². The van der Waals surface area contributed by atoms with E-state index < -0.39 is 9.84 Å². The molecule has 1 unspecified atom stereocenters. The first-order chi connectivity index (χ1) is 10.0. The summed E-state index contributed by atoms with van der Waals surface area (Å²) in [5.74, 6) is 2.05. The van der Waals surface area contributed by atoms with E-state index in [1.165, 1.54) is 32.1 Å². The molecule has 1 atom stereocenters. The summed E-state index contributed by atoms with van der Waals surface area (Å²) in [6, 6.07) is 0. The lowest BCUT2D eigenvalue weighted by Crippen LogP contribution is -2.52. The first kappa shape index (κ1) is 17.6. The molecule has 2 fully saturated rings. The molecule has 0 aromatic carbocycles. The molecule has 2 rings (SSSR count). The van der Waals surface area contributed by atoms with Crippen molar-refractivity contribution in [2.24, 2.45) is 0 Å². The molecular formula is C15H30N2O2S2. The Kier molecular flexibility index (Phi) is 6.41. The third-order valence-corrected chi connectivity index (χ3v) is 8.56. The second kappa shape index (κ2) is 7.66. The van der Waals surface area contributed by atoms with Crippen molar-refractivity contribution >= 4 is 21.6 Å². The summed E-state index contributed by atoms with van der Waals surface area (Å²) in [6.45, 7) is 3.59. The van der Waals surface area contributed by atoms with Crippen molar-refractivity contribution in [1.82, 2.24) is 10.2 Å². The van der Waals surface area contributed by atoms with Crippen LogP contribution < -0.4 is 5.32 Å². The molecule has 0 radical (unpaired) electrons. The molecule has 0 amide bonds. The summed E-state index contributed by atoms with van der Waals surface area (Å²) in [5, 5.41) is 3.28. The Morgan fingerprint density at radius 1 is 1.29 bits per heavy atom. The van der Waals surface area contributed by atoms with Crippen molar-refractivity contribution < 1.29 is 8.42 Å². The molecule has 4 nitrogen and oxygen atoms in total. The molecule has 1 aliphatic carbocycles. The summed E-state index contributed by atoms with van der Waals surface area (Å²) in [6.07, 6.45) is 7.48. The van der Waals surface area contributed by atoms with E-state index in [1.807, 2.05) is 0 Å². The van der Waals surface area contributed by atoms with Crippen LogP contribution in [-0.4, -0.2) is 61.6 Å². The minimum Gasteiger partial charge on any atom is -0.314 e. The third kappa shape index (κ3) is 4.36. The molecule has 1 saturated heterocycles. The average Bonchev–Trinajstić information content (AvgIpc) is 2.54. The van der Waals surface area contributed by atoms with Crippen molar-refractivity contribution in [3.8, 4) is 0 Å². The number of rotatable bonds is 6. The number of nitrogens with zero attached hydrogens (tertiary/aromatic N) is 1. The third-order valence-electron chi connectivity index (χ3n) is 5.23. The van der Waals surface area contributed by atoms with E-state index >= 15 is 0 Å². The van der Waals surface area contributed by atoms with Crippen molar-refractivity contribution in [1.29, 1.82) is 0 Å². The maximum atomic E-state index is 12.3. The van der Waals surface area contributed by atoms with Gasteiger partial charge in [0.15, 0.2) is 9.84 Å². The minimum atomic E-state index is -2.97. The molecule has 1 heterocycles. The van der Waals surface area contributed by atoms with E-state index in [4.69, 9.17) is 0 Å². The SMILES string of the molecule is CCS(=O)(=O)C1CSCCN1CCC1(NC)CCCCC1. The fourth-order valence-electron chi connectivity index (χ4n) is 3.61. The number of sulfone groups is 1. The van der Waals surface area contributed by atoms with Gasteiger partial charge >= 0.3 is 0 Å². The maximum Gasteiger partial charge on any atom is 0.166 e. The summed E-state index contributed by atoms with van der Waals surface area (Å²) in [5.41, 5.74) is 0.239. The summed E-state index contributed by atoms with van der Waals surface area (Å²) >= 11 is 1.78. The monoisotopic (exact) mass is 334 g/mol. The Balaban J connectivity index is 1.99. The van der Waals surface area contributed by atoms with Gasteiger partial charge in [-0.1, -0.05) is 26.2 Å².